The van der Waals surface area contributed by atoms with Crippen molar-refractivity contribution in [2.45, 2.75) is 25.8 Å². The lowest BCUT2D eigenvalue weighted by atomic mass is 9.93. The number of nitrogens with two attached hydrogens (primary N) is 1. The van der Waals surface area contributed by atoms with Crippen LogP contribution in [0.2, 0.25) is 0 Å². The summed E-state index contributed by atoms with van der Waals surface area (Å²) in [5.41, 5.74) is 8.13. The monoisotopic (exact) mass is 340 g/mol. The van der Waals surface area contributed by atoms with Crippen LogP contribution in [0.25, 0.3) is 0 Å². The second-order valence-electron chi connectivity index (χ2n) is 5.50. The SMILES string of the molecule is C=C(C)COCCNC(C)(CN)Cc1ccc(Br)cc1. The van der Waals surface area contributed by atoms with Gasteiger partial charge in [0.25, 0.3) is 0 Å². The number of hydrogen-bond acceptors (Lipinski definition) is 3. The fourth-order valence-corrected chi connectivity index (χ4v) is 2.20. The van der Waals surface area contributed by atoms with Gasteiger partial charge in [-0.3, -0.25) is 0 Å². The molecule has 0 aliphatic rings. The average molecular weight is 341 g/mol. The van der Waals surface area contributed by atoms with E-state index in [1.54, 1.807) is 0 Å². The van der Waals surface area contributed by atoms with E-state index in [0.29, 0.717) is 19.8 Å². The number of ether oxygens (including phenoxy) is 1. The Morgan fingerprint density at radius 3 is 2.60 bits per heavy atom. The molecule has 1 rings (SSSR count). The van der Waals surface area contributed by atoms with Gasteiger partial charge in [-0.1, -0.05) is 40.2 Å². The lowest BCUT2D eigenvalue weighted by Gasteiger charge is -2.30. The molecule has 0 aromatic heterocycles. The van der Waals surface area contributed by atoms with Crippen molar-refractivity contribution < 1.29 is 4.74 Å². The minimum absolute atomic E-state index is 0.111. The molecule has 0 amide bonds. The maximum atomic E-state index is 5.92. The number of benzene rings is 1. The van der Waals surface area contributed by atoms with Crippen LogP contribution < -0.4 is 11.1 Å². The molecule has 0 fully saturated rings. The first-order chi connectivity index (χ1) is 9.45. The highest BCUT2D eigenvalue weighted by atomic mass is 79.9. The average Bonchev–Trinajstić information content (AvgIpc) is 2.41. The molecule has 0 spiro atoms. The summed E-state index contributed by atoms with van der Waals surface area (Å²) < 4.78 is 6.59. The van der Waals surface area contributed by atoms with Gasteiger partial charge in [0.1, 0.15) is 0 Å². The molecular formula is C16H25BrN2O. The quantitative estimate of drug-likeness (QED) is 0.536. The molecule has 4 heteroatoms. The van der Waals surface area contributed by atoms with Gasteiger partial charge in [-0.25, -0.2) is 0 Å². The Balaban J connectivity index is 2.41. The second-order valence-corrected chi connectivity index (χ2v) is 6.42. The maximum Gasteiger partial charge on any atom is 0.0672 e. The van der Waals surface area contributed by atoms with Crippen molar-refractivity contribution in [3.63, 3.8) is 0 Å². The zero-order valence-corrected chi connectivity index (χ0v) is 14.0. The summed E-state index contributed by atoms with van der Waals surface area (Å²) in [4.78, 5) is 0. The van der Waals surface area contributed by atoms with Crippen molar-refractivity contribution in [1.82, 2.24) is 5.32 Å². The summed E-state index contributed by atoms with van der Waals surface area (Å²) in [7, 11) is 0. The van der Waals surface area contributed by atoms with E-state index < -0.39 is 0 Å². The molecule has 0 saturated heterocycles. The molecule has 0 bridgehead atoms. The van der Waals surface area contributed by atoms with Crippen LogP contribution in [-0.2, 0) is 11.2 Å². The second kappa shape index (κ2) is 8.57. The van der Waals surface area contributed by atoms with Crippen molar-refractivity contribution in [3.8, 4) is 0 Å². The Bertz CT molecular complexity index is 419. The molecule has 1 unspecified atom stereocenters. The largest absolute Gasteiger partial charge is 0.376 e. The van der Waals surface area contributed by atoms with E-state index in [1.807, 2.05) is 6.92 Å². The standard InChI is InChI=1S/C16H25BrN2O/c1-13(2)11-20-9-8-19-16(3,12-18)10-14-4-6-15(17)7-5-14/h4-7,19H,1,8-12,18H2,2-3H3. The Labute approximate surface area is 130 Å². The van der Waals surface area contributed by atoms with Gasteiger partial charge in [-0.15, -0.1) is 0 Å². The number of hydrogen-bond donors (Lipinski definition) is 2. The zero-order chi connectivity index (χ0) is 15.0. The van der Waals surface area contributed by atoms with Crippen LogP contribution in [0, 0.1) is 0 Å². The Hall–Kier alpha value is -0.680. The lowest BCUT2D eigenvalue weighted by Crippen LogP contribution is -2.51. The van der Waals surface area contributed by atoms with E-state index in [0.717, 1.165) is 23.0 Å². The van der Waals surface area contributed by atoms with E-state index >= 15 is 0 Å². The number of rotatable bonds is 9. The molecule has 1 aromatic carbocycles. The van der Waals surface area contributed by atoms with E-state index in [2.05, 4.69) is 59.0 Å². The van der Waals surface area contributed by atoms with E-state index in [9.17, 15) is 0 Å². The molecule has 3 nitrogen and oxygen atoms in total. The fourth-order valence-electron chi connectivity index (χ4n) is 1.93. The topological polar surface area (TPSA) is 47.3 Å². The number of halogens is 1. The summed E-state index contributed by atoms with van der Waals surface area (Å²) in [6.45, 7) is 10.6. The molecule has 0 aliphatic carbocycles. The van der Waals surface area contributed by atoms with Crippen LogP contribution in [0.1, 0.15) is 19.4 Å². The van der Waals surface area contributed by atoms with Crippen molar-refractivity contribution >= 4 is 15.9 Å². The van der Waals surface area contributed by atoms with Crippen molar-refractivity contribution in [3.05, 3.63) is 46.5 Å². The molecule has 0 aliphatic heterocycles. The normalized spacial score (nSPS) is 14.0. The van der Waals surface area contributed by atoms with Crippen LogP contribution in [0.4, 0.5) is 0 Å². The molecule has 3 N–H and O–H groups in total. The predicted octanol–water partition coefficient (Wildman–Crippen LogP) is 2.89. The van der Waals surface area contributed by atoms with Crippen molar-refractivity contribution in [2.24, 2.45) is 5.73 Å². The van der Waals surface area contributed by atoms with Crippen LogP contribution in [0.15, 0.2) is 40.9 Å². The smallest absolute Gasteiger partial charge is 0.0672 e. The molecule has 0 heterocycles. The van der Waals surface area contributed by atoms with Gasteiger partial charge >= 0.3 is 0 Å². The Kier molecular flexibility index (Phi) is 7.45. The third-order valence-electron chi connectivity index (χ3n) is 3.10. The summed E-state index contributed by atoms with van der Waals surface area (Å²) in [5.74, 6) is 0. The minimum Gasteiger partial charge on any atom is -0.376 e. The zero-order valence-electron chi connectivity index (χ0n) is 12.4. The predicted molar refractivity (Wildman–Crippen MR) is 88.9 cm³/mol. The minimum atomic E-state index is -0.111. The van der Waals surface area contributed by atoms with E-state index in [1.165, 1.54) is 5.56 Å². The van der Waals surface area contributed by atoms with Gasteiger partial charge < -0.3 is 15.8 Å². The van der Waals surface area contributed by atoms with Crippen molar-refractivity contribution in [1.29, 1.82) is 0 Å². The summed E-state index contributed by atoms with van der Waals surface area (Å²) >= 11 is 3.45. The van der Waals surface area contributed by atoms with Crippen LogP contribution in [-0.4, -0.2) is 31.8 Å². The highest BCUT2D eigenvalue weighted by molar-refractivity contribution is 9.10. The summed E-state index contributed by atoms with van der Waals surface area (Å²) in [6.07, 6.45) is 0.900. The van der Waals surface area contributed by atoms with Crippen molar-refractivity contribution in [2.75, 3.05) is 26.3 Å². The van der Waals surface area contributed by atoms with Crippen LogP contribution >= 0.6 is 15.9 Å². The highest BCUT2D eigenvalue weighted by Crippen LogP contribution is 2.15. The molecule has 20 heavy (non-hydrogen) atoms. The number of nitrogens with one attached hydrogen (secondary N) is 1. The van der Waals surface area contributed by atoms with Gasteiger partial charge in [-0.2, -0.15) is 0 Å². The van der Waals surface area contributed by atoms with Crippen LogP contribution in [0.5, 0.6) is 0 Å². The Morgan fingerprint density at radius 1 is 1.40 bits per heavy atom. The van der Waals surface area contributed by atoms with Gasteiger partial charge in [-0.05, 0) is 38.0 Å². The third kappa shape index (κ3) is 6.66. The molecule has 1 aromatic rings. The third-order valence-corrected chi connectivity index (χ3v) is 3.63. The molecule has 0 radical (unpaired) electrons. The Morgan fingerprint density at radius 2 is 2.05 bits per heavy atom. The lowest BCUT2D eigenvalue weighted by molar-refractivity contribution is 0.149. The van der Waals surface area contributed by atoms with E-state index in [-0.39, 0.29) is 5.54 Å². The first-order valence-electron chi connectivity index (χ1n) is 6.87. The van der Waals surface area contributed by atoms with Gasteiger partial charge in [0, 0.05) is 23.1 Å². The van der Waals surface area contributed by atoms with Gasteiger partial charge in [0.15, 0.2) is 0 Å². The van der Waals surface area contributed by atoms with Crippen LogP contribution in [0.3, 0.4) is 0 Å². The molecule has 1 atom stereocenters. The maximum absolute atomic E-state index is 5.92. The molecule has 0 saturated carbocycles. The summed E-state index contributed by atoms with van der Waals surface area (Å²) in [5, 5.41) is 3.49. The summed E-state index contributed by atoms with van der Waals surface area (Å²) in [6, 6.07) is 8.36. The van der Waals surface area contributed by atoms with Gasteiger partial charge in [0.05, 0.1) is 13.2 Å². The highest BCUT2D eigenvalue weighted by Gasteiger charge is 2.21. The molecule has 112 valence electrons. The van der Waals surface area contributed by atoms with Gasteiger partial charge in [0.2, 0.25) is 0 Å². The first-order valence-corrected chi connectivity index (χ1v) is 7.66. The first kappa shape index (κ1) is 17.4. The fraction of sp³-hybridized carbons (Fsp3) is 0.500. The molecular weight excluding hydrogens is 316 g/mol. The van der Waals surface area contributed by atoms with E-state index in [4.69, 9.17) is 10.5 Å².